The van der Waals surface area contributed by atoms with Crippen LogP contribution in [0.3, 0.4) is 0 Å². The SMILES string of the molecule is CCOC(=O)c1ccc(S(=O)(=O)N(Cc2ccco2)c2ccc(C)cc2)cc1. The van der Waals surface area contributed by atoms with Crippen molar-refractivity contribution in [2.45, 2.75) is 25.3 Å². The van der Waals surface area contributed by atoms with Crippen LogP contribution in [0, 0.1) is 6.92 Å². The number of sulfonamides is 1. The Labute approximate surface area is 164 Å². The monoisotopic (exact) mass is 399 g/mol. The Morgan fingerprint density at radius 1 is 1.04 bits per heavy atom. The van der Waals surface area contributed by atoms with Gasteiger partial charge in [-0.3, -0.25) is 4.31 Å². The lowest BCUT2D eigenvalue weighted by Crippen LogP contribution is -2.30. The van der Waals surface area contributed by atoms with E-state index in [2.05, 4.69) is 0 Å². The molecule has 6 nitrogen and oxygen atoms in total. The van der Waals surface area contributed by atoms with Gasteiger partial charge >= 0.3 is 5.97 Å². The molecule has 2 aromatic carbocycles. The number of nitrogens with zero attached hydrogens (tertiary/aromatic N) is 1. The van der Waals surface area contributed by atoms with Crippen LogP contribution in [0.15, 0.2) is 76.2 Å². The van der Waals surface area contributed by atoms with E-state index in [0.717, 1.165) is 5.56 Å². The van der Waals surface area contributed by atoms with Gasteiger partial charge in [0.25, 0.3) is 10.0 Å². The van der Waals surface area contributed by atoms with Crippen LogP contribution >= 0.6 is 0 Å². The fourth-order valence-corrected chi connectivity index (χ4v) is 4.11. The normalized spacial score (nSPS) is 11.2. The first-order valence-electron chi connectivity index (χ1n) is 8.81. The first-order chi connectivity index (χ1) is 13.4. The standard InChI is InChI=1S/C21H21NO5S/c1-3-26-21(23)17-8-12-20(13-9-17)28(24,25)22(15-19-5-4-14-27-19)18-10-6-16(2)7-11-18/h4-14H,3,15H2,1-2H3. The molecule has 0 aliphatic rings. The van der Waals surface area contributed by atoms with Crippen LogP contribution < -0.4 is 4.31 Å². The summed E-state index contributed by atoms with van der Waals surface area (Å²) < 4.78 is 38.2. The van der Waals surface area contributed by atoms with Crippen LogP contribution in [0.2, 0.25) is 0 Å². The molecule has 0 fully saturated rings. The zero-order valence-electron chi connectivity index (χ0n) is 15.7. The van der Waals surface area contributed by atoms with Crippen molar-refractivity contribution in [1.29, 1.82) is 0 Å². The Bertz CT molecular complexity index is 1020. The topological polar surface area (TPSA) is 76.8 Å². The third-order valence-corrected chi connectivity index (χ3v) is 5.94. The minimum atomic E-state index is -3.88. The van der Waals surface area contributed by atoms with E-state index >= 15 is 0 Å². The van der Waals surface area contributed by atoms with Gasteiger partial charge in [0, 0.05) is 0 Å². The van der Waals surface area contributed by atoms with Gasteiger partial charge in [-0.25, -0.2) is 13.2 Å². The first-order valence-corrected chi connectivity index (χ1v) is 10.2. The summed E-state index contributed by atoms with van der Waals surface area (Å²) in [4.78, 5) is 11.9. The quantitative estimate of drug-likeness (QED) is 0.558. The average molecular weight is 399 g/mol. The van der Waals surface area contributed by atoms with Crippen LogP contribution in [-0.2, 0) is 21.3 Å². The Balaban J connectivity index is 1.97. The predicted octanol–water partition coefficient (Wildman–Crippen LogP) is 4.16. The lowest BCUT2D eigenvalue weighted by Gasteiger charge is -2.24. The van der Waals surface area contributed by atoms with Crippen LogP contribution in [0.25, 0.3) is 0 Å². The summed E-state index contributed by atoms with van der Waals surface area (Å²) >= 11 is 0. The molecule has 0 saturated carbocycles. The summed E-state index contributed by atoms with van der Waals surface area (Å²) in [5.41, 5.74) is 1.85. The maximum absolute atomic E-state index is 13.3. The molecule has 0 aliphatic heterocycles. The lowest BCUT2D eigenvalue weighted by atomic mass is 10.2. The van der Waals surface area contributed by atoms with Gasteiger partial charge in [0.2, 0.25) is 0 Å². The number of anilines is 1. The fraction of sp³-hybridized carbons (Fsp3) is 0.190. The molecule has 1 heterocycles. The Kier molecular flexibility index (Phi) is 5.84. The molecule has 146 valence electrons. The van der Waals surface area contributed by atoms with Crippen LogP contribution in [0.4, 0.5) is 5.69 Å². The van der Waals surface area contributed by atoms with E-state index in [9.17, 15) is 13.2 Å². The molecule has 0 atom stereocenters. The zero-order chi connectivity index (χ0) is 20.1. The van der Waals surface area contributed by atoms with E-state index < -0.39 is 16.0 Å². The van der Waals surface area contributed by atoms with E-state index in [1.807, 2.05) is 19.1 Å². The number of carbonyl (C=O) groups is 1. The lowest BCUT2D eigenvalue weighted by molar-refractivity contribution is 0.0526. The predicted molar refractivity (Wildman–Crippen MR) is 106 cm³/mol. The summed E-state index contributed by atoms with van der Waals surface area (Å²) in [7, 11) is -3.88. The largest absolute Gasteiger partial charge is 0.467 e. The van der Waals surface area contributed by atoms with Gasteiger partial charge in [-0.15, -0.1) is 0 Å². The van der Waals surface area contributed by atoms with Crippen molar-refractivity contribution in [1.82, 2.24) is 0 Å². The molecule has 0 N–H and O–H groups in total. The van der Waals surface area contributed by atoms with Crippen molar-refractivity contribution in [3.63, 3.8) is 0 Å². The molecule has 0 saturated heterocycles. The second kappa shape index (κ2) is 8.31. The van der Waals surface area contributed by atoms with Gasteiger partial charge < -0.3 is 9.15 Å². The Hall–Kier alpha value is -3.06. The molecule has 0 aliphatic carbocycles. The number of aryl methyl sites for hydroxylation is 1. The summed E-state index contributed by atoms with van der Waals surface area (Å²) in [6, 6.07) is 16.4. The molecule has 7 heteroatoms. The Morgan fingerprint density at radius 3 is 2.29 bits per heavy atom. The molecule has 1 aromatic heterocycles. The van der Waals surface area contributed by atoms with Crippen LogP contribution in [-0.4, -0.2) is 21.0 Å². The number of ether oxygens (including phenoxy) is 1. The summed E-state index contributed by atoms with van der Waals surface area (Å²) in [6.45, 7) is 3.95. The third kappa shape index (κ3) is 4.26. The number of esters is 1. The molecule has 3 aromatic rings. The molecule has 3 rings (SSSR count). The van der Waals surface area contributed by atoms with Crippen molar-refractivity contribution in [2.24, 2.45) is 0 Å². The molecule has 0 unspecified atom stereocenters. The van der Waals surface area contributed by atoms with Crippen LogP contribution in [0.5, 0.6) is 0 Å². The van der Waals surface area contributed by atoms with E-state index in [1.54, 1.807) is 31.2 Å². The number of benzene rings is 2. The highest BCUT2D eigenvalue weighted by Gasteiger charge is 2.26. The van der Waals surface area contributed by atoms with Gasteiger partial charge in [0.05, 0.1) is 35.6 Å². The van der Waals surface area contributed by atoms with E-state index in [-0.39, 0.29) is 18.0 Å². The molecular formula is C21H21NO5S. The van der Waals surface area contributed by atoms with Gasteiger partial charge in [0.1, 0.15) is 5.76 Å². The van der Waals surface area contributed by atoms with Crippen LogP contribution in [0.1, 0.15) is 28.6 Å². The number of rotatable bonds is 7. The zero-order valence-corrected chi connectivity index (χ0v) is 16.5. The number of hydrogen-bond acceptors (Lipinski definition) is 5. The summed E-state index contributed by atoms with van der Waals surface area (Å²) in [5, 5.41) is 0. The molecular weight excluding hydrogens is 378 g/mol. The second-order valence-electron chi connectivity index (χ2n) is 6.17. The minimum Gasteiger partial charge on any atom is -0.467 e. The summed E-state index contributed by atoms with van der Waals surface area (Å²) in [6.07, 6.45) is 1.50. The molecule has 0 spiro atoms. The van der Waals surface area contributed by atoms with Gasteiger partial charge in [-0.2, -0.15) is 0 Å². The number of furan rings is 1. The van der Waals surface area contributed by atoms with E-state index in [4.69, 9.17) is 9.15 Å². The summed E-state index contributed by atoms with van der Waals surface area (Å²) in [5.74, 6) is 0.0321. The maximum atomic E-state index is 13.3. The smallest absolute Gasteiger partial charge is 0.338 e. The third-order valence-electron chi connectivity index (χ3n) is 4.15. The highest BCUT2D eigenvalue weighted by atomic mass is 32.2. The van der Waals surface area contributed by atoms with Crippen molar-refractivity contribution in [3.8, 4) is 0 Å². The van der Waals surface area contributed by atoms with Gasteiger partial charge in [-0.05, 0) is 62.4 Å². The highest BCUT2D eigenvalue weighted by Crippen LogP contribution is 2.27. The molecule has 28 heavy (non-hydrogen) atoms. The van der Waals surface area contributed by atoms with E-state index in [1.165, 1.54) is 34.8 Å². The number of carbonyl (C=O) groups excluding carboxylic acids is 1. The van der Waals surface area contributed by atoms with Gasteiger partial charge in [-0.1, -0.05) is 17.7 Å². The van der Waals surface area contributed by atoms with Gasteiger partial charge in [0.15, 0.2) is 0 Å². The highest BCUT2D eigenvalue weighted by molar-refractivity contribution is 7.92. The molecule has 0 bridgehead atoms. The first kappa shape index (κ1) is 19.7. The molecule has 0 radical (unpaired) electrons. The minimum absolute atomic E-state index is 0.0536. The van der Waals surface area contributed by atoms with E-state index in [0.29, 0.717) is 17.0 Å². The van der Waals surface area contributed by atoms with Crippen molar-refractivity contribution in [3.05, 3.63) is 83.8 Å². The Morgan fingerprint density at radius 2 is 1.71 bits per heavy atom. The van der Waals surface area contributed by atoms with Crippen molar-refractivity contribution < 1.29 is 22.4 Å². The number of hydrogen-bond donors (Lipinski definition) is 0. The molecule has 0 amide bonds. The average Bonchev–Trinajstić information content (AvgIpc) is 3.20. The van der Waals surface area contributed by atoms with Crippen molar-refractivity contribution in [2.75, 3.05) is 10.9 Å². The van der Waals surface area contributed by atoms with Crippen molar-refractivity contribution >= 4 is 21.7 Å². The second-order valence-corrected chi connectivity index (χ2v) is 8.03. The maximum Gasteiger partial charge on any atom is 0.338 e. The fourth-order valence-electron chi connectivity index (χ4n) is 2.67.